The Morgan fingerprint density at radius 1 is 1.35 bits per heavy atom. The second kappa shape index (κ2) is 8.30. The van der Waals surface area contributed by atoms with Crippen LogP contribution in [0, 0.1) is 11.3 Å². The molecule has 4 heteroatoms. The molecule has 0 saturated carbocycles. The number of hydrogen-bond donors (Lipinski definition) is 1. The smallest absolute Gasteiger partial charge is 0.0744 e. The number of likely N-dealkylation sites (tertiary alicyclic amines) is 1. The molecular formula is C22H31N3O. The Hall–Kier alpha value is -1.75. The number of nitrogens with one attached hydrogen (secondary N) is 1. The summed E-state index contributed by atoms with van der Waals surface area (Å²) >= 11 is 0. The molecule has 0 bridgehead atoms. The zero-order valence-corrected chi connectivity index (χ0v) is 16.2. The van der Waals surface area contributed by atoms with E-state index in [-0.39, 0.29) is 11.5 Å². The van der Waals surface area contributed by atoms with Crippen LogP contribution in [-0.4, -0.2) is 49.3 Å². The molecule has 4 nitrogen and oxygen atoms in total. The number of ether oxygens (including phenoxy) is 1. The van der Waals surface area contributed by atoms with Crippen LogP contribution in [0.1, 0.15) is 19.4 Å². The van der Waals surface area contributed by atoms with E-state index < -0.39 is 0 Å². The van der Waals surface area contributed by atoms with Crippen LogP contribution >= 0.6 is 0 Å². The Kier molecular flexibility index (Phi) is 6.07. The molecule has 1 N–H and O–H groups in total. The van der Waals surface area contributed by atoms with Crippen LogP contribution in [0.15, 0.2) is 49.2 Å². The van der Waals surface area contributed by atoms with Gasteiger partial charge in [-0.15, -0.1) is 6.58 Å². The van der Waals surface area contributed by atoms with E-state index in [9.17, 15) is 0 Å². The van der Waals surface area contributed by atoms with E-state index in [1.807, 2.05) is 25.4 Å². The molecule has 0 radical (unpaired) electrons. The second-order valence-electron chi connectivity index (χ2n) is 7.97. The van der Waals surface area contributed by atoms with Gasteiger partial charge >= 0.3 is 0 Å². The zero-order valence-electron chi connectivity index (χ0n) is 16.2. The molecule has 26 heavy (non-hydrogen) atoms. The van der Waals surface area contributed by atoms with Gasteiger partial charge in [-0.1, -0.05) is 38.1 Å². The summed E-state index contributed by atoms with van der Waals surface area (Å²) in [5, 5.41) is 4.91. The fourth-order valence-corrected chi connectivity index (χ4v) is 4.28. The van der Waals surface area contributed by atoms with Gasteiger partial charge in [0, 0.05) is 57.3 Å². The number of methoxy groups -OCH3 is 1. The monoisotopic (exact) mass is 353 g/mol. The maximum absolute atomic E-state index is 5.86. The minimum atomic E-state index is 0.190. The highest BCUT2D eigenvalue weighted by molar-refractivity contribution is 5.81. The largest absolute Gasteiger partial charge is 0.380 e. The molecule has 1 aromatic carbocycles. The van der Waals surface area contributed by atoms with E-state index in [2.05, 4.69) is 59.9 Å². The Balaban J connectivity index is 1.67. The van der Waals surface area contributed by atoms with Crippen LogP contribution in [-0.2, 0) is 11.3 Å². The van der Waals surface area contributed by atoms with Gasteiger partial charge in [-0.25, -0.2) is 0 Å². The molecule has 1 fully saturated rings. The predicted molar refractivity (Wildman–Crippen MR) is 108 cm³/mol. The van der Waals surface area contributed by atoms with Crippen LogP contribution in [0.25, 0.3) is 10.9 Å². The molecule has 2 atom stereocenters. The summed E-state index contributed by atoms with van der Waals surface area (Å²) in [6.45, 7) is 13.3. The van der Waals surface area contributed by atoms with Crippen molar-refractivity contribution in [3.8, 4) is 0 Å². The predicted octanol–water partition coefficient (Wildman–Crippen LogP) is 3.48. The van der Waals surface area contributed by atoms with Gasteiger partial charge in [0.05, 0.1) is 11.6 Å². The molecule has 140 valence electrons. The maximum Gasteiger partial charge on any atom is 0.0744 e. The van der Waals surface area contributed by atoms with Crippen molar-refractivity contribution in [2.24, 2.45) is 11.3 Å². The highest BCUT2D eigenvalue weighted by atomic mass is 16.5. The first-order chi connectivity index (χ1) is 12.5. The Morgan fingerprint density at radius 3 is 2.92 bits per heavy atom. The SMILES string of the molecule is C=CCN1C[C@@H](OC)[C@@H](CNCc2ccnc3ccccc23)C(C)(C)C1. The van der Waals surface area contributed by atoms with E-state index in [1.165, 1.54) is 10.9 Å². The standard InChI is InChI=1S/C22H31N3O/c1-5-12-25-15-21(26-4)19(22(2,3)16-25)14-23-13-17-10-11-24-20-9-7-6-8-18(17)20/h5-11,19,21,23H,1,12-16H2,2-4H3/t19-,21-/m1/s1. The summed E-state index contributed by atoms with van der Waals surface area (Å²) in [5.41, 5.74) is 2.54. The van der Waals surface area contributed by atoms with Crippen molar-refractivity contribution in [1.82, 2.24) is 15.2 Å². The van der Waals surface area contributed by atoms with E-state index in [0.717, 1.165) is 38.2 Å². The van der Waals surface area contributed by atoms with Crippen LogP contribution in [0.3, 0.4) is 0 Å². The second-order valence-corrected chi connectivity index (χ2v) is 7.97. The van der Waals surface area contributed by atoms with Crippen LogP contribution in [0.5, 0.6) is 0 Å². The van der Waals surface area contributed by atoms with Crippen LogP contribution < -0.4 is 5.32 Å². The Labute approximate surface area is 157 Å². The number of nitrogens with zero attached hydrogens (tertiary/aromatic N) is 2. The molecule has 1 aliphatic heterocycles. The molecule has 0 aliphatic carbocycles. The van der Waals surface area contributed by atoms with Crippen molar-refractivity contribution in [2.45, 2.75) is 26.5 Å². The fourth-order valence-electron chi connectivity index (χ4n) is 4.28. The van der Waals surface area contributed by atoms with Gasteiger partial charge in [0.15, 0.2) is 0 Å². The molecule has 0 unspecified atom stereocenters. The summed E-state index contributed by atoms with van der Waals surface area (Å²) in [6, 6.07) is 10.4. The number of hydrogen-bond acceptors (Lipinski definition) is 4. The highest BCUT2D eigenvalue weighted by Crippen LogP contribution is 2.36. The number of benzene rings is 1. The third kappa shape index (κ3) is 4.14. The van der Waals surface area contributed by atoms with Gasteiger partial charge in [-0.3, -0.25) is 9.88 Å². The third-order valence-corrected chi connectivity index (χ3v) is 5.63. The first-order valence-electron chi connectivity index (χ1n) is 9.44. The molecule has 1 aliphatic rings. The lowest BCUT2D eigenvalue weighted by Crippen LogP contribution is -2.56. The highest BCUT2D eigenvalue weighted by Gasteiger charge is 2.41. The number of fused-ring (bicyclic) bond motifs is 1. The van der Waals surface area contributed by atoms with Crippen molar-refractivity contribution < 1.29 is 4.74 Å². The number of pyridine rings is 1. The molecular weight excluding hydrogens is 322 g/mol. The van der Waals surface area contributed by atoms with Gasteiger partial charge in [0.25, 0.3) is 0 Å². The number of aromatic nitrogens is 1. The average Bonchev–Trinajstić information content (AvgIpc) is 2.63. The first-order valence-corrected chi connectivity index (χ1v) is 9.44. The molecule has 3 rings (SSSR count). The summed E-state index contributed by atoms with van der Waals surface area (Å²) in [6.07, 6.45) is 4.12. The first kappa shape index (κ1) is 19.0. The normalized spacial score (nSPS) is 23.2. The van der Waals surface area contributed by atoms with E-state index in [1.54, 1.807) is 0 Å². The lowest BCUT2D eigenvalue weighted by molar-refractivity contribution is -0.0694. The molecule has 2 aromatic rings. The Morgan fingerprint density at radius 2 is 2.15 bits per heavy atom. The molecule has 0 spiro atoms. The van der Waals surface area contributed by atoms with Crippen molar-refractivity contribution in [3.63, 3.8) is 0 Å². The minimum absolute atomic E-state index is 0.190. The maximum atomic E-state index is 5.86. The van der Waals surface area contributed by atoms with Crippen molar-refractivity contribution in [3.05, 3.63) is 54.7 Å². The molecule has 1 aromatic heterocycles. The van der Waals surface area contributed by atoms with Crippen molar-refractivity contribution in [2.75, 3.05) is 33.3 Å². The van der Waals surface area contributed by atoms with Crippen LogP contribution in [0.4, 0.5) is 0 Å². The summed E-state index contributed by atoms with van der Waals surface area (Å²) in [5.74, 6) is 0.474. The van der Waals surface area contributed by atoms with Gasteiger partial charge in [-0.2, -0.15) is 0 Å². The lowest BCUT2D eigenvalue weighted by atomic mass is 9.72. The van der Waals surface area contributed by atoms with E-state index in [4.69, 9.17) is 4.74 Å². The number of para-hydroxylation sites is 1. The lowest BCUT2D eigenvalue weighted by Gasteiger charge is -2.48. The molecule has 0 amide bonds. The fraction of sp³-hybridized carbons (Fsp3) is 0.500. The van der Waals surface area contributed by atoms with Crippen molar-refractivity contribution in [1.29, 1.82) is 0 Å². The summed E-state index contributed by atoms with van der Waals surface area (Å²) in [7, 11) is 1.83. The average molecular weight is 354 g/mol. The number of rotatable bonds is 7. The quantitative estimate of drug-likeness (QED) is 0.773. The Bertz CT molecular complexity index is 738. The third-order valence-electron chi connectivity index (χ3n) is 5.63. The van der Waals surface area contributed by atoms with Crippen LogP contribution in [0.2, 0.25) is 0 Å². The summed E-state index contributed by atoms with van der Waals surface area (Å²) in [4.78, 5) is 6.89. The van der Waals surface area contributed by atoms with E-state index in [0.29, 0.717) is 5.92 Å². The minimum Gasteiger partial charge on any atom is -0.380 e. The van der Waals surface area contributed by atoms with Gasteiger partial charge < -0.3 is 10.1 Å². The van der Waals surface area contributed by atoms with E-state index >= 15 is 0 Å². The topological polar surface area (TPSA) is 37.4 Å². The molecule has 1 saturated heterocycles. The molecule has 2 heterocycles. The number of piperidine rings is 1. The zero-order chi connectivity index (χ0) is 18.6. The summed E-state index contributed by atoms with van der Waals surface area (Å²) < 4.78 is 5.86. The van der Waals surface area contributed by atoms with Gasteiger partial charge in [-0.05, 0) is 23.1 Å². The van der Waals surface area contributed by atoms with Gasteiger partial charge in [0.1, 0.15) is 0 Å². The van der Waals surface area contributed by atoms with Gasteiger partial charge in [0.2, 0.25) is 0 Å². The van der Waals surface area contributed by atoms with Crippen molar-refractivity contribution >= 4 is 10.9 Å².